The zero-order chi connectivity index (χ0) is 13.5. The Kier molecular flexibility index (Phi) is 5.14. The van der Waals surface area contributed by atoms with E-state index in [-0.39, 0.29) is 22.8 Å². The minimum atomic E-state index is -1.25. The fourth-order valence-electron chi connectivity index (χ4n) is 1.18. The number of rotatable bonds is 5. The van der Waals surface area contributed by atoms with E-state index in [1.54, 1.807) is 0 Å². The van der Waals surface area contributed by atoms with Crippen molar-refractivity contribution in [3.63, 3.8) is 0 Å². The molecule has 94 valence electrons. The van der Waals surface area contributed by atoms with Crippen molar-refractivity contribution in [2.24, 2.45) is 0 Å². The molecule has 0 aliphatic carbocycles. The van der Waals surface area contributed by atoms with E-state index in [4.69, 9.17) is 10.4 Å². The van der Waals surface area contributed by atoms with Crippen molar-refractivity contribution >= 4 is 29.3 Å². The number of carboxylic acids is 1. The molecule has 0 saturated heterocycles. The summed E-state index contributed by atoms with van der Waals surface area (Å²) in [6.45, 7) is 0. The van der Waals surface area contributed by atoms with Gasteiger partial charge in [0.2, 0.25) is 5.91 Å². The summed E-state index contributed by atoms with van der Waals surface area (Å²) < 4.78 is 13.0. The molecule has 0 atom stereocenters. The molecule has 1 rings (SSSR count). The number of nitrogens with one attached hydrogen (secondary N) is 1. The zero-order valence-electron chi connectivity index (χ0n) is 9.14. The van der Waals surface area contributed by atoms with Crippen LogP contribution in [0.25, 0.3) is 0 Å². The van der Waals surface area contributed by atoms with Gasteiger partial charge in [0.05, 0.1) is 28.8 Å². The maximum Gasteiger partial charge on any atom is 0.337 e. The van der Waals surface area contributed by atoms with Gasteiger partial charge >= 0.3 is 5.97 Å². The summed E-state index contributed by atoms with van der Waals surface area (Å²) in [5.74, 6) is -2.22. The van der Waals surface area contributed by atoms with Crippen LogP contribution in [0.15, 0.2) is 18.2 Å². The van der Waals surface area contributed by atoms with Gasteiger partial charge in [-0.2, -0.15) is 5.26 Å². The summed E-state index contributed by atoms with van der Waals surface area (Å²) in [7, 11) is 0. The van der Waals surface area contributed by atoms with E-state index >= 15 is 0 Å². The van der Waals surface area contributed by atoms with Crippen molar-refractivity contribution in [2.45, 2.75) is 0 Å². The Bertz CT molecular complexity index is 514. The SMILES string of the molecule is N#CCSCC(=O)Nc1cc(F)ccc1C(=O)O. The summed E-state index contributed by atoms with van der Waals surface area (Å²) in [5.41, 5.74) is -0.278. The number of thioether (sulfide) groups is 1. The summed E-state index contributed by atoms with van der Waals surface area (Å²) >= 11 is 1.08. The molecule has 0 bridgehead atoms. The highest BCUT2D eigenvalue weighted by atomic mass is 32.2. The summed E-state index contributed by atoms with van der Waals surface area (Å²) in [4.78, 5) is 22.3. The second kappa shape index (κ2) is 6.61. The van der Waals surface area contributed by atoms with Gasteiger partial charge in [0, 0.05) is 0 Å². The minimum absolute atomic E-state index is 0.00311. The zero-order valence-corrected chi connectivity index (χ0v) is 9.96. The number of halogens is 1. The highest BCUT2D eigenvalue weighted by Crippen LogP contribution is 2.17. The number of carbonyl (C=O) groups is 2. The van der Waals surface area contributed by atoms with E-state index in [1.165, 1.54) is 0 Å². The number of carboxylic acid groups (broad SMARTS) is 1. The van der Waals surface area contributed by atoms with Gasteiger partial charge in [-0.15, -0.1) is 11.8 Å². The Morgan fingerprint density at radius 1 is 1.50 bits per heavy atom. The van der Waals surface area contributed by atoms with E-state index in [1.807, 2.05) is 6.07 Å². The number of nitrogens with zero attached hydrogens (tertiary/aromatic N) is 1. The first kappa shape index (κ1) is 14.0. The molecular weight excluding hydrogens is 259 g/mol. The average Bonchev–Trinajstić information content (AvgIpc) is 2.29. The van der Waals surface area contributed by atoms with Crippen molar-refractivity contribution in [1.82, 2.24) is 0 Å². The molecule has 0 aliphatic heterocycles. The van der Waals surface area contributed by atoms with Crippen LogP contribution in [0.2, 0.25) is 0 Å². The first-order valence-electron chi connectivity index (χ1n) is 4.82. The second-order valence-corrected chi connectivity index (χ2v) is 4.18. The van der Waals surface area contributed by atoms with Gasteiger partial charge in [0.25, 0.3) is 0 Å². The van der Waals surface area contributed by atoms with Gasteiger partial charge < -0.3 is 10.4 Å². The van der Waals surface area contributed by atoms with Crippen LogP contribution in [-0.2, 0) is 4.79 Å². The molecule has 0 heterocycles. The molecule has 7 heteroatoms. The van der Waals surface area contributed by atoms with Gasteiger partial charge in [-0.1, -0.05) is 0 Å². The lowest BCUT2D eigenvalue weighted by atomic mass is 10.1. The summed E-state index contributed by atoms with van der Waals surface area (Å²) in [5, 5.41) is 19.5. The molecule has 0 radical (unpaired) electrons. The van der Waals surface area contributed by atoms with Gasteiger partial charge in [0.15, 0.2) is 0 Å². The molecule has 1 amide bonds. The lowest BCUT2D eigenvalue weighted by Crippen LogP contribution is -2.17. The first-order chi connectivity index (χ1) is 8.54. The Labute approximate surface area is 107 Å². The van der Waals surface area contributed by atoms with Crippen LogP contribution < -0.4 is 5.32 Å². The third kappa shape index (κ3) is 4.07. The molecule has 0 aliphatic rings. The molecule has 0 aromatic heterocycles. The van der Waals surface area contributed by atoms with E-state index in [9.17, 15) is 14.0 Å². The average molecular weight is 268 g/mol. The largest absolute Gasteiger partial charge is 0.478 e. The van der Waals surface area contributed by atoms with Crippen LogP contribution in [0.3, 0.4) is 0 Å². The van der Waals surface area contributed by atoms with Crippen molar-refractivity contribution in [2.75, 3.05) is 16.8 Å². The molecule has 0 spiro atoms. The third-order valence-electron chi connectivity index (χ3n) is 1.89. The number of benzene rings is 1. The molecule has 2 N–H and O–H groups in total. The monoisotopic (exact) mass is 268 g/mol. The van der Waals surface area contributed by atoms with Crippen LogP contribution in [-0.4, -0.2) is 28.5 Å². The van der Waals surface area contributed by atoms with E-state index < -0.39 is 17.7 Å². The Balaban J connectivity index is 2.77. The van der Waals surface area contributed by atoms with Crippen LogP contribution in [0, 0.1) is 17.1 Å². The number of amides is 1. The normalized spacial score (nSPS) is 9.56. The van der Waals surface area contributed by atoms with Crippen LogP contribution in [0.4, 0.5) is 10.1 Å². The molecule has 5 nitrogen and oxygen atoms in total. The van der Waals surface area contributed by atoms with Crippen molar-refractivity contribution in [3.05, 3.63) is 29.6 Å². The predicted molar refractivity (Wildman–Crippen MR) is 64.9 cm³/mol. The maximum atomic E-state index is 13.0. The standard InChI is InChI=1S/C11H9FN2O3S/c12-7-1-2-8(11(16)17)9(5-7)14-10(15)6-18-4-3-13/h1-2,5H,4,6H2,(H,14,15)(H,16,17). The Morgan fingerprint density at radius 2 is 2.22 bits per heavy atom. The lowest BCUT2D eigenvalue weighted by molar-refractivity contribution is -0.113. The summed E-state index contributed by atoms with van der Waals surface area (Å²) in [6.07, 6.45) is 0. The molecule has 1 aromatic rings. The van der Waals surface area contributed by atoms with Crippen molar-refractivity contribution < 1.29 is 19.1 Å². The van der Waals surface area contributed by atoms with Crippen LogP contribution >= 0.6 is 11.8 Å². The molecule has 0 unspecified atom stereocenters. The maximum absolute atomic E-state index is 13.0. The van der Waals surface area contributed by atoms with Crippen LogP contribution in [0.5, 0.6) is 0 Å². The number of carbonyl (C=O) groups excluding carboxylic acids is 1. The minimum Gasteiger partial charge on any atom is -0.478 e. The second-order valence-electron chi connectivity index (χ2n) is 3.19. The van der Waals surface area contributed by atoms with E-state index in [2.05, 4.69) is 5.32 Å². The van der Waals surface area contributed by atoms with Gasteiger partial charge in [-0.05, 0) is 18.2 Å². The number of hydrogen-bond donors (Lipinski definition) is 2. The fraction of sp³-hybridized carbons (Fsp3) is 0.182. The fourth-order valence-corrected chi connectivity index (χ4v) is 1.63. The van der Waals surface area contributed by atoms with E-state index in [0.29, 0.717) is 0 Å². The van der Waals surface area contributed by atoms with Gasteiger partial charge in [-0.25, -0.2) is 9.18 Å². The molecule has 18 heavy (non-hydrogen) atoms. The first-order valence-corrected chi connectivity index (χ1v) is 5.97. The van der Waals surface area contributed by atoms with Gasteiger partial charge in [0.1, 0.15) is 5.82 Å². The van der Waals surface area contributed by atoms with Crippen molar-refractivity contribution in [3.8, 4) is 6.07 Å². The lowest BCUT2D eigenvalue weighted by Gasteiger charge is -2.07. The number of aromatic carboxylic acids is 1. The molecule has 0 saturated carbocycles. The topological polar surface area (TPSA) is 90.2 Å². The molecule has 0 fully saturated rings. The Morgan fingerprint density at radius 3 is 2.83 bits per heavy atom. The Hall–Kier alpha value is -2.07. The predicted octanol–water partition coefficient (Wildman–Crippen LogP) is 1.72. The quantitative estimate of drug-likeness (QED) is 0.793. The third-order valence-corrected chi connectivity index (χ3v) is 2.69. The van der Waals surface area contributed by atoms with E-state index in [0.717, 1.165) is 30.0 Å². The highest BCUT2D eigenvalue weighted by molar-refractivity contribution is 8.00. The molecule has 1 aromatic carbocycles. The number of nitriles is 1. The highest BCUT2D eigenvalue weighted by Gasteiger charge is 2.13. The number of hydrogen-bond acceptors (Lipinski definition) is 4. The van der Waals surface area contributed by atoms with Crippen molar-refractivity contribution in [1.29, 1.82) is 5.26 Å². The molecular formula is C11H9FN2O3S. The van der Waals surface area contributed by atoms with Gasteiger partial charge in [-0.3, -0.25) is 4.79 Å². The number of anilines is 1. The van der Waals surface area contributed by atoms with Crippen LogP contribution in [0.1, 0.15) is 10.4 Å². The summed E-state index contributed by atoms with van der Waals surface area (Å²) in [6, 6.07) is 4.88. The smallest absolute Gasteiger partial charge is 0.337 e.